The van der Waals surface area contributed by atoms with Crippen LogP contribution in [0.15, 0.2) is 35.1 Å². The van der Waals surface area contributed by atoms with Crippen LogP contribution in [0.5, 0.6) is 0 Å². The smallest absolute Gasteiger partial charge is 0.312 e. The lowest BCUT2D eigenvalue weighted by Gasteiger charge is -2.22. The SMILES string of the molecule is CC[C@H](C)[C@@H](NC(N)=O)C(=O)Nc1c(C)n(C)n(-c2ccccc2)c1=O. The Labute approximate surface area is 152 Å². The zero-order valence-electron chi connectivity index (χ0n) is 15.4. The number of nitrogens with one attached hydrogen (secondary N) is 2. The van der Waals surface area contributed by atoms with Gasteiger partial charge < -0.3 is 16.4 Å². The molecule has 1 heterocycles. The normalized spacial score (nSPS) is 13.1. The third-order valence-corrected chi connectivity index (χ3v) is 4.60. The number of nitrogens with two attached hydrogens (primary N) is 1. The van der Waals surface area contributed by atoms with Crippen molar-refractivity contribution in [2.75, 3.05) is 5.32 Å². The Morgan fingerprint density at radius 1 is 1.23 bits per heavy atom. The molecule has 0 bridgehead atoms. The highest BCUT2D eigenvalue weighted by Crippen LogP contribution is 2.16. The molecular weight excluding hydrogens is 334 g/mol. The van der Waals surface area contributed by atoms with Crippen molar-refractivity contribution in [3.63, 3.8) is 0 Å². The van der Waals surface area contributed by atoms with Gasteiger partial charge in [0.1, 0.15) is 11.7 Å². The Hall–Kier alpha value is -3.03. The molecule has 0 saturated heterocycles. The summed E-state index contributed by atoms with van der Waals surface area (Å²) in [6, 6.07) is 7.54. The predicted octanol–water partition coefficient (Wildman–Crippen LogP) is 1.51. The highest BCUT2D eigenvalue weighted by molar-refractivity contribution is 5.97. The molecule has 0 aliphatic carbocycles. The molecule has 0 radical (unpaired) electrons. The van der Waals surface area contributed by atoms with Crippen LogP contribution in [0, 0.1) is 12.8 Å². The van der Waals surface area contributed by atoms with Crippen LogP contribution in [0.1, 0.15) is 26.0 Å². The molecular formula is C18H25N5O3. The molecule has 0 saturated carbocycles. The Kier molecular flexibility index (Phi) is 5.86. The van der Waals surface area contributed by atoms with E-state index in [9.17, 15) is 14.4 Å². The molecule has 0 fully saturated rings. The summed E-state index contributed by atoms with van der Waals surface area (Å²) < 4.78 is 3.15. The van der Waals surface area contributed by atoms with Gasteiger partial charge in [-0.15, -0.1) is 0 Å². The molecule has 140 valence electrons. The molecule has 2 aromatic rings. The third-order valence-electron chi connectivity index (χ3n) is 4.60. The second-order valence-electron chi connectivity index (χ2n) is 6.30. The summed E-state index contributed by atoms with van der Waals surface area (Å²) >= 11 is 0. The number of nitrogens with zero attached hydrogens (tertiary/aromatic N) is 2. The van der Waals surface area contributed by atoms with Crippen molar-refractivity contribution in [3.05, 3.63) is 46.4 Å². The van der Waals surface area contributed by atoms with Gasteiger partial charge in [0.15, 0.2) is 0 Å². The Morgan fingerprint density at radius 2 is 1.85 bits per heavy atom. The molecule has 0 aliphatic heterocycles. The van der Waals surface area contributed by atoms with Crippen LogP contribution in [0.3, 0.4) is 0 Å². The number of amides is 3. The van der Waals surface area contributed by atoms with E-state index in [1.807, 2.05) is 44.2 Å². The van der Waals surface area contributed by atoms with Crippen LogP contribution in [0.25, 0.3) is 5.69 Å². The van der Waals surface area contributed by atoms with Gasteiger partial charge in [0.25, 0.3) is 5.56 Å². The third kappa shape index (κ3) is 3.79. The summed E-state index contributed by atoms with van der Waals surface area (Å²) in [6.45, 7) is 5.49. The van der Waals surface area contributed by atoms with Gasteiger partial charge in [0, 0.05) is 7.05 Å². The highest BCUT2D eigenvalue weighted by atomic mass is 16.2. The first-order valence-corrected chi connectivity index (χ1v) is 8.48. The van der Waals surface area contributed by atoms with Crippen LogP contribution < -0.4 is 21.9 Å². The van der Waals surface area contributed by atoms with E-state index >= 15 is 0 Å². The monoisotopic (exact) mass is 359 g/mol. The van der Waals surface area contributed by atoms with Gasteiger partial charge in [0.05, 0.1) is 11.4 Å². The number of urea groups is 1. The van der Waals surface area contributed by atoms with Crippen molar-refractivity contribution >= 4 is 17.6 Å². The van der Waals surface area contributed by atoms with Crippen molar-refractivity contribution in [1.29, 1.82) is 0 Å². The fourth-order valence-electron chi connectivity index (χ4n) is 2.77. The minimum absolute atomic E-state index is 0.136. The lowest BCUT2D eigenvalue weighted by Crippen LogP contribution is -2.50. The van der Waals surface area contributed by atoms with Gasteiger partial charge in [-0.05, 0) is 25.0 Å². The van der Waals surface area contributed by atoms with E-state index in [0.29, 0.717) is 17.8 Å². The van der Waals surface area contributed by atoms with Crippen molar-refractivity contribution in [2.45, 2.75) is 33.2 Å². The number of para-hydroxylation sites is 1. The van der Waals surface area contributed by atoms with Gasteiger partial charge in [0.2, 0.25) is 5.91 Å². The summed E-state index contributed by atoms with van der Waals surface area (Å²) in [5.74, 6) is -0.605. The van der Waals surface area contributed by atoms with E-state index in [4.69, 9.17) is 5.73 Å². The fraction of sp³-hybridized carbons (Fsp3) is 0.389. The zero-order valence-corrected chi connectivity index (χ0v) is 15.4. The van der Waals surface area contributed by atoms with Crippen molar-refractivity contribution in [1.82, 2.24) is 14.7 Å². The number of carbonyl (C=O) groups excluding carboxylic acids is 2. The topological polar surface area (TPSA) is 111 Å². The first kappa shape index (κ1) is 19.3. The van der Waals surface area contributed by atoms with Gasteiger partial charge >= 0.3 is 6.03 Å². The van der Waals surface area contributed by atoms with Gasteiger partial charge in [-0.3, -0.25) is 14.3 Å². The Balaban J connectivity index is 2.39. The molecule has 26 heavy (non-hydrogen) atoms. The largest absolute Gasteiger partial charge is 0.352 e. The minimum atomic E-state index is -0.818. The van der Waals surface area contributed by atoms with E-state index in [1.54, 1.807) is 18.7 Å². The molecule has 3 amide bonds. The predicted molar refractivity (Wildman–Crippen MR) is 100 cm³/mol. The van der Waals surface area contributed by atoms with E-state index in [1.165, 1.54) is 4.68 Å². The molecule has 0 spiro atoms. The van der Waals surface area contributed by atoms with Crippen LogP contribution in [0.2, 0.25) is 0 Å². The lowest BCUT2D eigenvalue weighted by molar-refractivity contribution is -0.119. The molecule has 1 aromatic heterocycles. The summed E-state index contributed by atoms with van der Waals surface area (Å²) in [5, 5.41) is 5.12. The van der Waals surface area contributed by atoms with Crippen molar-refractivity contribution in [2.24, 2.45) is 18.7 Å². The maximum absolute atomic E-state index is 12.8. The second-order valence-corrected chi connectivity index (χ2v) is 6.30. The maximum atomic E-state index is 12.8. The van der Waals surface area contributed by atoms with E-state index in [0.717, 1.165) is 0 Å². The number of hydrogen-bond acceptors (Lipinski definition) is 3. The first-order valence-electron chi connectivity index (χ1n) is 8.48. The molecule has 8 nitrogen and oxygen atoms in total. The lowest BCUT2D eigenvalue weighted by atomic mass is 9.98. The average Bonchev–Trinajstić information content (AvgIpc) is 2.83. The minimum Gasteiger partial charge on any atom is -0.352 e. The van der Waals surface area contributed by atoms with Gasteiger partial charge in [-0.1, -0.05) is 38.5 Å². The molecule has 1 aromatic carbocycles. The number of primary amides is 1. The molecule has 2 atom stereocenters. The molecule has 0 aliphatic rings. The van der Waals surface area contributed by atoms with E-state index in [-0.39, 0.29) is 17.2 Å². The number of hydrogen-bond donors (Lipinski definition) is 3. The highest BCUT2D eigenvalue weighted by Gasteiger charge is 2.27. The average molecular weight is 359 g/mol. The first-order chi connectivity index (χ1) is 12.3. The van der Waals surface area contributed by atoms with Gasteiger partial charge in [-0.2, -0.15) is 0 Å². The molecule has 8 heteroatoms. The summed E-state index contributed by atoms with van der Waals surface area (Å²) in [7, 11) is 1.74. The van der Waals surface area contributed by atoms with Crippen LogP contribution in [0.4, 0.5) is 10.5 Å². The van der Waals surface area contributed by atoms with E-state index in [2.05, 4.69) is 10.6 Å². The number of rotatable bonds is 6. The van der Waals surface area contributed by atoms with Gasteiger partial charge in [-0.25, -0.2) is 9.48 Å². The molecule has 0 unspecified atom stereocenters. The number of aromatic nitrogens is 2. The fourth-order valence-corrected chi connectivity index (χ4v) is 2.77. The standard InChI is InChI=1S/C18H25N5O3/c1-5-11(2)14(21-18(19)26)16(24)20-15-12(3)22(4)23(17(15)25)13-9-7-6-8-10-13/h6-11,14H,5H2,1-4H3,(H,20,24)(H3,19,21,26)/t11-,14+/m0/s1. The summed E-state index contributed by atoms with van der Waals surface area (Å²) in [6.07, 6.45) is 0.667. The summed E-state index contributed by atoms with van der Waals surface area (Å²) in [4.78, 5) is 36.7. The van der Waals surface area contributed by atoms with Crippen LogP contribution in [-0.2, 0) is 11.8 Å². The quantitative estimate of drug-likeness (QED) is 0.727. The maximum Gasteiger partial charge on any atom is 0.312 e. The van der Waals surface area contributed by atoms with Crippen molar-refractivity contribution < 1.29 is 9.59 Å². The molecule has 4 N–H and O–H groups in total. The summed E-state index contributed by atoms with van der Waals surface area (Å²) in [5.41, 5.74) is 6.32. The number of carbonyl (C=O) groups is 2. The van der Waals surface area contributed by atoms with E-state index < -0.39 is 18.0 Å². The second kappa shape index (κ2) is 7.90. The number of anilines is 1. The Bertz CT molecular complexity index is 854. The van der Waals surface area contributed by atoms with Crippen LogP contribution >= 0.6 is 0 Å². The number of benzene rings is 1. The molecule has 2 rings (SSSR count). The Morgan fingerprint density at radius 3 is 2.38 bits per heavy atom. The van der Waals surface area contributed by atoms with Crippen molar-refractivity contribution in [3.8, 4) is 5.69 Å². The zero-order chi connectivity index (χ0) is 19.4. The van der Waals surface area contributed by atoms with Crippen LogP contribution in [-0.4, -0.2) is 27.3 Å².